The highest BCUT2D eigenvalue weighted by atomic mass is 79.9. The van der Waals surface area contributed by atoms with Crippen molar-refractivity contribution in [3.05, 3.63) is 29.3 Å². The molecule has 10 heavy (non-hydrogen) atoms. The topological polar surface area (TPSA) is 12.0 Å². The summed E-state index contributed by atoms with van der Waals surface area (Å²) < 4.78 is 2.95. The van der Waals surface area contributed by atoms with E-state index >= 15 is 0 Å². The summed E-state index contributed by atoms with van der Waals surface area (Å²) in [6.07, 6.45) is 0. The van der Waals surface area contributed by atoms with Crippen molar-refractivity contribution in [1.29, 1.82) is 0 Å². The Hall–Kier alpha value is -0.500. The Labute approximate surface area is 69.8 Å². The standard InChI is InChI=1S/C8H10BrN/c1-6-4-3-5-8(10-9)7(6)2/h3-5,10H,1-2H3. The molecule has 0 aromatic heterocycles. The van der Waals surface area contributed by atoms with E-state index in [0.29, 0.717) is 0 Å². The third kappa shape index (κ3) is 1.32. The average molecular weight is 200 g/mol. The number of benzene rings is 1. The Balaban J connectivity index is 3.14. The molecular weight excluding hydrogens is 190 g/mol. The molecule has 1 nitrogen and oxygen atoms in total. The monoisotopic (exact) mass is 199 g/mol. The first-order chi connectivity index (χ1) is 4.75. The predicted molar refractivity (Wildman–Crippen MR) is 48.5 cm³/mol. The van der Waals surface area contributed by atoms with E-state index < -0.39 is 0 Å². The van der Waals surface area contributed by atoms with E-state index in [1.165, 1.54) is 11.1 Å². The van der Waals surface area contributed by atoms with E-state index in [0.717, 1.165) is 5.69 Å². The molecule has 1 rings (SSSR count). The number of aryl methyl sites for hydroxylation is 1. The van der Waals surface area contributed by atoms with Gasteiger partial charge in [0.25, 0.3) is 0 Å². The van der Waals surface area contributed by atoms with Crippen LogP contribution in [-0.4, -0.2) is 0 Å². The van der Waals surface area contributed by atoms with Gasteiger partial charge in [-0.2, -0.15) is 0 Å². The smallest absolute Gasteiger partial charge is 0.0472 e. The number of anilines is 1. The van der Waals surface area contributed by atoms with Gasteiger partial charge in [0.15, 0.2) is 0 Å². The fourth-order valence-corrected chi connectivity index (χ4v) is 1.28. The summed E-state index contributed by atoms with van der Waals surface area (Å²) in [5, 5.41) is 0. The maximum absolute atomic E-state index is 3.19. The number of hydrogen-bond donors (Lipinski definition) is 1. The van der Waals surface area contributed by atoms with Gasteiger partial charge >= 0.3 is 0 Å². The Morgan fingerprint density at radius 1 is 1.30 bits per heavy atom. The molecule has 0 saturated heterocycles. The third-order valence-corrected chi connectivity index (χ3v) is 2.13. The van der Waals surface area contributed by atoms with Crippen molar-refractivity contribution in [3.63, 3.8) is 0 Å². The summed E-state index contributed by atoms with van der Waals surface area (Å²) in [4.78, 5) is 0. The zero-order chi connectivity index (χ0) is 7.56. The van der Waals surface area contributed by atoms with Gasteiger partial charge in [0, 0.05) is 21.8 Å². The van der Waals surface area contributed by atoms with Crippen LogP contribution >= 0.6 is 16.1 Å². The fourth-order valence-electron chi connectivity index (χ4n) is 0.853. The molecule has 0 bridgehead atoms. The van der Waals surface area contributed by atoms with Crippen molar-refractivity contribution in [1.82, 2.24) is 0 Å². The highest BCUT2D eigenvalue weighted by Crippen LogP contribution is 2.18. The Morgan fingerprint density at radius 3 is 2.50 bits per heavy atom. The Bertz CT molecular complexity index is 233. The minimum absolute atomic E-state index is 1.14. The average Bonchev–Trinajstić information content (AvgIpc) is 1.95. The van der Waals surface area contributed by atoms with Gasteiger partial charge in [0.2, 0.25) is 0 Å². The molecule has 0 unspecified atom stereocenters. The molecule has 0 radical (unpaired) electrons. The van der Waals surface area contributed by atoms with Crippen LogP contribution in [0.2, 0.25) is 0 Å². The first-order valence-electron chi connectivity index (χ1n) is 3.18. The SMILES string of the molecule is Cc1cccc(NBr)c1C. The van der Waals surface area contributed by atoms with Crippen molar-refractivity contribution in [2.45, 2.75) is 13.8 Å². The zero-order valence-corrected chi connectivity index (χ0v) is 7.70. The second-order valence-corrected chi connectivity index (χ2v) is 2.74. The van der Waals surface area contributed by atoms with Crippen LogP contribution in [0.15, 0.2) is 18.2 Å². The molecule has 0 saturated carbocycles. The summed E-state index contributed by atoms with van der Waals surface area (Å²) in [6, 6.07) is 6.17. The summed E-state index contributed by atoms with van der Waals surface area (Å²) in [6.45, 7) is 4.20. The first-order valence-corrected chi connectivity index (χ1v) is 3.98. The number of rotatable bonds is 1. The van der Waals surface area contributed by atoms with Crippen LogP contribution in [0.25, 0.3) is 0 Å². The number of nitrogens with one attached hydrogen (secondary N) is 1. The van der Waals surface area contributed by atoms with Crippen LogP contribution in [0.1, 0.15) is 11.1 Å². The molecule has 0 aliphatic heterocycles. The van der Waals surface area contributed by atoms with E-state index in [1.807, 2.05) is 12.1 Å². The van der Waals surface area contributed by atoms with Gasteiger partial charge in [-0.3, -0.25) is 0 Å². The maximum Gasteiger partial charge on any atom is 0.0472 e. The molecule has 0 fully saturated rings. The molecular formula is C8H10BrN. The number of hydrogen-bond acceptors (Lipinski definition) is 1. The van der Waals surface area contributed by atoms with Crippen LogP contribution in [-0.2, 0) is 0 Å². The lowest BCUT2D eigenvalue weighted by Crippen LogP contribution is -1.86. The molecule has 0 aliphatic carbocycles. The summed E-state index contributed by atoms with van der Waals surface area (Å²) in [5.74, 6) is 0. The highest BCUT2D eigenvalue weighted by molar-refractivity contribution is 9.10. The summed E-state index contributed by atoms with van der Waals surface area (Å²) in [5.41, 5.74) is 3.74. The van der Waals surface area contributed by atoms with Crippen molar-refractivity contribution < 1.29 is 0 Å². The largest absolute Gasteiger partial charge is 0.322 e. The first kappa shape index (κ1) is 7.61. The minimum atomic E-state index is 1.14. The molecule has 0 aliphatic rings. The number of halogens is 1. The second-order valence-electron chi connectivity index (χ2n) is 2.34. The molecule has 1 aromatic rings. The van der Waals surface area contributed by atoms with Gasteiger partial charge in [-0.05, 0) is 31.0 Å². The Kier molecular flexibility index (Phi) is 2.33. The molecule has 2 heteroatoms. The molecule has 0 spiro atoms. The zero-order valence-electron chi connectivity index (χ0n) is 6.11. The predicted octanol–water partition coefficient (Wildman–Crippen LogP) is 3.03. The normalized spacial score (nSPS) is 9.50. The van der Waals surface area contributed by atoms with Gasteiger partial charge in [0.05, 0.1) is 0 Å². The molecule has 1 aromatic carbocycles. The lowest BCUT2D eigenvalue weighted by Gasteiger charge is -2.04. The summed E-state index contributed by atoms with van der Waals surface area (Å²) >= 11 is 3.19. The van der Waals surface area contributed by atoms with Gasteiger partial charge < -0.3 is 4.34 Å². The fraction of sp³-hybridized carbons (Fsp3) is 0.250. The lowest BCUT2D eigenvalue weighted by atomic mass is 10.1. The van der Waals surface area contributed by atoms with Crippen LogP contribution in [0, 0.1) is 13.8 Å². The highest BCUT2D eigenvalue weighted by Gasteiger charge is 1.96. The third-order valence-electron chi connectivity index (χ3n) is 1.71. The molecule has 1 N–H and O–H groups in total. The van der Waals surface area contributed by atoms with Crippen molar-refractivity contribution >= 4 is 21.8 Å². The molecule has 0 heterocycles. The summed E-state index contributed by atoms with van der Waals surface area (Å²) in [7, 11) is 0. The van der Waals surface area contributed by atoms with Crippen LogP contribution < -0.4 is 4.34 Å². The molecule has 54 valence electrons. The van der Waals surface area contributed by atoms with Crippen LogP contribution in [0.5, 0.6) is 0 Å². The molecule has 0 atom stereocenters. The van der Waals surface area contributed by atoms with E-state index in [2.05, 4.69) is 40.4 Å². The maximum atomic E-state index is 3.19. The van der Waals surface area contributed by atoms with Crippen molar-refractivity contribution in [3.8, 4) is 0 Å². The van der Waals surface area contributed by atoms with E-state index in [1.54, 1.807) is 0 Å². The van der Waals surface area contributed by atoms with E-state index in [9.17, 15) is 0 Å². The molecule has 0 amide bonds. The van der Waals surface area contributed by atoms with Crippen LogP contribution in [0.3, 0.4) is 0 Å². The Morgan fingerprint density at radius 2 is 2.00 bits per heavy atom. The quantitative estimate of drug-likeness (QED) is 0.687. The van der Waals surface area contributed by atoms with Gasteiger partial charge in [-0.15, -0.1) is 0 Å². The van der Waals surface area contributed by atoms with Gasteiger partial charge in [-0.1, -0.05) is 12.1 Å². The second kappa shape index (κ2) is 3.06. The van der Waals surface area contributed by atoms with Crippen molar-refractivity contribution in [2.24, 2.45) is 0 Å². The van der Waals surface area contributed by atoms with E-state index in [4.69, 9.17) is 0 Å². The lowest BCUT2D eigenvalue weighted by molar-refractivity contribution is 1.35. The van der Waals surface area contributed by atoms with Gasteiger partial charge in [0.1, 0.15) is 0 Å². The minimum Gasteiger partial charge on any atom is -0.322 e. The van der Waals surface area contributed by atoms with Crippen molar-refractivity contribution in [2.75, 3.05) is 4.34 Å². The van der Waals surface area contributed by atoms with Gasteiger partial charge in [-0.25, -0.2) is 0 Å². The van der Waals surface area contributed by atoms with Crippen LogP contribution in [0.4, 0.5) is 5.69 Å². The van der Waals surface area contributed by atoms with E-state index in [-0.39, 0.29) is 0 Å².